The van der Waals surface area contributed by atoms with E-state index in [2.05, 4.69) is 5.32 Å². The number of carbonyl (C=O) groups excluding carboxylic acids is 1. The second-order valence-electron chi connectivity index (χ2n) is 5.10. The molecule has 110 valence electrons. The van der Waals surface area contributed by atoms with Crippen molar-refractivity contribution < 1.29 is 19.4 Å². The second-order valence-corrected chi connectivity index (χ2v) is 5.10. The van der Waals surface area contributed by atoms with Crippen molar-refractivity contribution in [1.82, 2.24) is 5.32 Å². The average Bonchev–Trinajstić information content (AvgIpc) is 2.35. The van der Waals surface area contributed by atoms with E-state index < -0.39 is 11.9 Å². The van der Waals surface area contributed by atoms with Gasteiger partial charge in [-0.25, -0.2) is 0 Å². The Morgan fingerprint density at radius 1 is 1.35 bits per heavy atom. The Bertz CT molecular complexity index is 471. The van der Waals surface area contributed by atoms with Gasteiger partial charge in [0, 0.05) is 6.54 Å². The van der Waals surface area contributed by atoms with Gasteiger partial charge in [-0.15, -0.1) is 0 Å². The van der Waals surface area contributed by atoms with Crippen LogP contribution in [0.1, 0.15) is 19.4 Å². The highest BCUT2D eigenvalue weighted by Crippen LogP contribution is 2.12. The summed E-state index contributed by atoms with van der Waals surface area (Å²) >= 11 is 0. The Balaban J connectivity index is 2.39. The predicted octanol–water partition coefficient (Wildman–Crippen LogP) is 1.85. The van der Waals surface area contributed by atoms with Gasteiger partial charge in [0.25, 0.3) is 5.91 Å². The summed E-state index contributed by atoms with van der Waals surface area (Å²) in [5.74, 6) is -1.22. The predicted molar refractivity (Wildman–Crippen MR) is 75.6 cm³/mol. The molecule has 0 aromatic heterocycles. The van der Waals surface area contributed by atoms with Crippen LogP contribution in [-0.2, 0) is 9.59 Å². The van der Waals surface area contributed by atoms with E-state index in [1.807, 2.05) is 39.0 Å². The Hall–Kier alpha value is -2.04. The molecule has 0 saturated carbocycles. The summed E-state index contributed by atoms with van der Waals surface area (Å²) in [4.78, 5) is 22.6. The minimum atomic E-state index is -0.903. The van der Waals surface area contributed by atoms with Crippen LogP contribution in [0.5, 0.6) is 5.75 Å². The summed E-state index contributed by atoms with van der Waals surface area (Å²) in [6.45, 7) is 5.56. The van der Waals surface area contributed by atoms with Crippen LogP contribution < -0.4 is 10.1 Å². The smallest absolute Gasteiger partial charge is 0.308 e. The van der Waals surface area contributed by atoms with Crippen molar-refractivity contribution in [3.05, 3.63) is 29.8 Å². The first-order chi connectivity index (χ1) is 9.40. The number of hydrogen-bond donors (Lipinski definition) is 2. The van der Waals surface area contributed by atoms with E-state index in [0.717, 1.165) is 5.56 Å². The Morgan fingerprint density at radius 2 is 2.05 bits per heavy atom. The van der Waals surface area contributed by atoms with Crippen molar-refractivity contribution in [3.8, 4) is 5.75 Å². The number of aryl methyl sites for hydroxylation is 1. The zero-order chi connectivity index (χ0) is 15.1. The molecule has 0 heterocycles. The first-order valence-electron chi connectivity index (χ1n) is 6.59. The van der Waals surface area contributed by atoms with Crippen LogP contribution in [0.25, 0.3) is 0 Å². The summed E-state index contributed by atoms with van der Waals surface area (Å²) in [7, 11) is 0. The fraction of sp³-hybridized carbons (Fsp3) is 0.467. The molecule has 0 spiro atoms. The lowest BCUT2D eigenvalue weighted by Gasteiger charge is -2.16. The third-order valence-corrected chi connectivity index (χ3v) is 3.00. The van der Waals surface area contributed by atoms with Gasteiger partial charge in [-0.05, 0) is 30.5 Å². The van der Waals surface area contributed by atoms with Crippen LogP contribution in [0.3, 0.4) is 0 Å². The van der Waals surface area contributed by atoms with Crippen LogP contribution in [0.15, 0.2) is 24.3 Å². The van der Waals surface area contributed by atoms with Gasteiger partial charge < -0.3 is 15.2 Å². The van der Waals surface area contributed by atoms with Crippen LogP contribution in [0, 0.1) is 18.8 Å². The number of rotatable bonds is 7. The highest BCUT2D eigenvalue weighted by atomic mass is 16.5. The minimum absolute atomic E-state index is 0.0366. The topological polar surface area (TPSA) is 75.6 Å². The van der Waals surface area contributed by atoms with Crippen LogP contribution in [-0.4, -0.2) is 30.1 Å². The SMILES string of the molecule is Cc1cccc(OCC(=O)NCC(C(=O)O)C(C)C)c1. The number of ether oxygens (including phenoxy) is 1. The molecule has 5 heteroatoms. The van der Waals surface area contributed by atoms with Crippen LogP contribution in [0.4, 0.5) is 0 Å². The van der Waals surface area contributed by atoms with Crippen molar-refractivity contribution in [3.63, 3.8) is 0 Å². The van der Waals surface area contributed by atoms with E-state index in [0.29, 0.717) is 5.75 Å². The lowest BCUT2D eigenvalue weighted by Crippen LogP contribution is -2.37. The van der Waals surface area contributed by atoms with Crippen molar-refractivity contribution in [2.75, 3.05) is 13.2 Å². The summed E-state index contributed by atoms with van der Waals surface area (Å²) in [6.07, 6.45) is 0. The molecule has 0 saturated heterocycles. The monoisotopic (exact) mass is 279 g/mol. The number of benzene rings is 1. The highest BCUT2D eigenvalue weighted by Gasteiger charge is 2.21. The zero-order valence-electron chi connectivity index (χ0n) is 12.1. The number of carbonyl (C=O) groups is 2. The number of hydrogen-bond acceptors (Lipinski definition) is 3. The van der Waals surface area contributed by atoms with Crippen LogP contribution >= 0.6 is 0 Å². The molecule has 0 aliphatic carbocycles. The molecule has 0 aliphatic heterocycles. The molecule has 1 aromatic carbocycles. The van der Waals surface area contributed by atoms with E-state index in [4.69, 9.17) is 9.84 Å². The molecule has 1 rings (SSSR count). The minimum Gasteiger partial charge on any atom is -0.484 e. The van der Waals surface area contributed by atoms with Gasteiger partial charge in [-0.2, -0.15) is 0 Å². The van der Waals surface area contributed by atoms with Gasteiger partial charge in [0.2, 0.25) is 0 Å². The molecule has 1 unspecified atom stereocenters. The molecular formula is C15H21NO4. The van der Waals surface area contributed by atoms with Gasteiger partial charge in [-0.1, -0.05) is 26.0 Å². The average molecular weight is 279 g/mol. The summed E-state index contributed by atoms with van der Waals surface area (Å²) in [5.41, 5.74) is 1.05. The van der Waals surface area contributed by atoms with E-state index in [1.165, 1.54) is 0 Å². The quantitative estimate of drug-likeness (QED) is 0.798. The van der Waals surface area contributed by atoms with E-state index in [9.17, 15) is 9.59 Å². The maximum Gasteiger partial charge on any atom is 0.308 e. The molecular weight excluding hydrogens is 258 g/mol. The molecule has 0 fully saturated rings. The molecule has 0 bridgehead atoms. The first kappa shape index (κ1) is 16.0. The van der Waals surface area contributed by atoms with Crippen molar-refractivity contribution in [2.45, 2.75) is 20.8 Å². The summed E-state index contributed by atoms with van der Waals surface area (Å²) < 4.78 is 5.34. The maximum atomic E-state index is 11.6. The van der Waals surface area contributed by atoms with Crippen molar-refractivity contribution in [1.29, 1.82) is 0 Å². The van der Waals surface area contributed by atoms with Gasteiger partial charge >= 0.3 is 5.97 Å². The van der Waals surface area contributed by atoms with E-state index >= 15 is 0 Å². The number of carboxylic acid groups (broad SMARTS) is 1. The largest absolute Gasteiger partial charge is 0.484 e. The standard InChI is InChI=1S/C15H21NO4/c1-10(2)13(15(18)19)8-16-14(17)9-20-12-6-4-5-11(3)7-12/h4-7,10,13H,8-9H2,1-3H3,(H,16,17)(H,18,19). The molecule has 0 aliphatic rings. The van der Waals surface area contributed by atoms with Gasteiger partial charge in [0.1, 0.15) is 5.75 Å². The van der Waals surface area contributed by atoms with E-state index in [1.54, 1.807) is 6.07 Å². The fourth-order valence-corrected chi connectivity index (χ4v) is 1.74. The molecule has 20 heavy (non-hydrogen) atoms. The molecule has 2 N–H and O–H groups in total. The highest BCUT2D eigenvalue weighted by molar-refractivity contribution is 5.78. The molecule has 0 radical (unpaired) electrons. The Morgan fingerprint density at radius 3 is 2.60 bits per heavy atom. The molecule has 1 aromatic rings. The Labute approximate surface area is 118 Å². The lowest BCUT2D eigenvalue weighted by molar-refractivity contribution is -0.143. The number of amides is 1. The third kappa shape index (κ3) is 5.30. The lowest BCUT2D eigenvalue weighted by atomic mass is 9.96. The molecule has 5 nitrogen and oxygen atoms in total. The molecule has 1 amide bonds. The number of nitrogens with one attached hydrogen (secondary N) is 1. The Kier molecular flexibility index (Phi) is 6.03. The van der Waals surface area contributed by atoms with Crippen molar-refractivity contribution >= 4 is 11.9 Å². The fourth-order valence-electron chi connectivity index (χ4n) is 1.74. The normalized spacial score (nSPS) is 12.0. The van der Waals surface area contributed by atoms with Gasteiger partial charge in [-0.3, -0.25) is 9.59 Å². The van der Waals surface area contributed by atoms with E-state index in [-0.39, 0.29) is 25.0 Å². The molecule has 1 atom stereocenters. The maximum absolute atomic E-state index is 11.6. The summed E-state index contributed by atoms with van der Waals surface area (Å²) in [5, 5.41) is 11.6. The third-order valence-electron chi connectivity index (χ3n) is 3.00. The zero-order valence-corrected chi connectivity index (χ0v) is 12.1. The number of aliphatic carboxylic acids is 1. The van der Waals surface area contributed by atoms with Gasteiger partial charge in [0.15, 0.2) is 6.61 Å². The summed E-state index contributed by atoms with van der Waals surface area (Å²) in [6, 6.07) is 7.39. The van der Waals surface area contributed by atoms with Crippen molar-refractivity contribution in [2.24, 2.45) is 11.8 Å². The first-order valence-corrected chi connectivity index (χ1v) is 6.59. The second kappa shape index (κ2) is 7.53. The number of carboxylic acids is 1. The van der Waals surface area contributed by atoms with Gasteiger partial charge in [0.05, 0.1) is 5.92 Å². The van der Waals surface area contributed by atoms with Crippen LogP contribution in [0.2, 0.25) is 0 Å².